The van der Waals surface area contributed by atoms with Gasteiger partial charge in [0.1, 0.15) is 23.3 Å². The van der Waals surface area contributed by atoms with Crippen molar-refractivity contribution < 1.29 is 9.53 Å². The molecule has 174 valence electrons. The van der Waals surface area contributed by atoms with Crippen molar-refractivity contribution in [3.63, 3.8) is 0 Å². The molecule has 4 heterocycles. The summed E-state index contributed by atoms with van der Waals surface area (Å²) in [6, 6.07) is -0.345. The number of carbonyl (C=O) groups excluding carboxylic acids is 1. The van der Waals surface area contributed by atoms with Crippen molar-refractivity contribution in [1.29, 1.82) is 0 Å². The Bertz CT molecular complexity index is 939. The molecule has 0 radical (unpaired) electrons. The third-order valence-corrected chi connectivity index (χ3v) is 6.87. The molecule has 0 aromatic carbocycles. The van der Waals surface area contributed by atoms with Crippen molar-refractivity contribution in [3.8, 4) is 5.75 Å². The molecule has 3 aliphatic rings. The maximum atomic E-state index is 13.5. The fourth-order valence-electron chi connectivity index (χ4n) is 4.89. The summed E-state index contributed by atoms with van der Waals surface area (Å²) in [5, 5.41) is 0. The first-order valence-electron chi connectivity index (χ1n) is 11.4. The number of likely N-dealkylation sites (tertiary alicyclic amines) is 1. The van der Waals surface area contributed by atoms with Gasteiger partial charge in [-0.25, -0.2) is 0 Å². The predicted molar refractivity (Wildman–Crippen MR) is 124 cm³/mol. The van der Waals surface area contributed by atoms with Gasteiger partial charge in [0.15, 0.2) is 6.29 Å². The molecule has 4 rings (SSSR count). The first kappa shape index (κ1) is 22.5. The van der Waals surface area contributed by atoms with E-state index in [2.05, 4.69) is 19.8 Å². The number of aryl methyl sites for hydroxylation is 1. The van der Waals surface area contributed by atoms with E-state index in [4.69, 9.17) is 10.5 Å². The maximum Gasteiger partial charge on any atom is 0.249 e. The van der Waals surface area contributed by atoms with Crippen LogP contribution >= 0.6 is 0 Å². The molecule has 1 saturated heterocycles. The molecule has 9 heteroatoms. The van der Waals surface area contributed by atoms with Gasteiger partial charge in [-0.3, -0.25) is 20.5 Å². The zero-order chi connectivity index (χ0) is 23.0. The molecule has 0 spiro atoms. The average molecular weight is 442 g/mol. The molecule has 32 heavy (non-hydrogen) atoms. The number of nitrogens with two attached hydrogens (primary N) is 1. The van der Waals surface area contributed by atoms with Crippen molar-refractivity contribution in [3.05, 3.63) is 34.5 Å². The van der Waals surface area contributed by atoms with Crippen LogP contribution in [0.15, 0.2) is 22.7 Å². The van der Waals surface area contributed by atoms with Crippen LogP contribution in [0.25, 0.3) is 0 Å². The lowest BCUT2D eigenvalue weighted by atomic mass is 10.1. The van der Waals surface area contributed by atoms with Gasteiger partial charge in [0.05, 0.1) is 25.6 Å². The Balaban J connectivity index is 1.69. The largest absolute Gasteiger partial charge is 0.496 e. The summed E-state index contributed by atoms with van der Waals surface area (Å²) in [6.45, 7) is 10.2. The van der Waals surface area contributed by atoms with E-state index >= 15 is 0 Å². The lowest BCUT2D eigenvalue weighted by Crippen LogP contribution is -2.59. The van der Waals surface area contributed by atoms with Crippen LogP contribution in [0.5, 0.6) is 5.75 Å². The van der Waals surface area contributed by atoms with Gasteiger partial charge in [0.25, 0.3) is 0 Å². The average Bonchev–Trinajstić information content (AvgIpc) is 3.29. The number of hydrogen-bond acceptors (Lipinski definition) is 8. The van der Waals surface area contributed by atoms with Crippen molar-refractivity contribution >= 4 is 12.1 Å². The van der Waals surface area contributed by atoms with Gasteiger partial charge in [-0.05, 0) is 46.7 Å². The molecule has 0 saturated carbocycles. The number of aromatic nitrogens is 1. The van der Waals surface area contributed by atoms with E-state index in [1.54, 1.807) is 13.3 Å². The summed E-state index contributed by atoms with van der Waals surface area (Å²) < 4.78 is 5.59. The summed E-state index contributed by atoms with van der Waals surface area (Å²) >= 11 is 0. The van der Waals surface area contributed by atoms with E-state index in [1.807, 2.05) is 43.8 Å². The van der Waals surface area contributed by atoms with E-state index in [0.29, 0.717) is 13.1 Å². The van der Waals surface area contributed by atoms with Gasteiger partial charge < -0.3 is 24.3 Å². The Hall–Kier alpha value is -2.65. The van der Waals surface area contributed by atoms with E-state index in [0.717, 1.165) is 53.7 Å². The highest BCUT2D eigenvalue weighted by Gasteiger charge is 2.41. The summed E-state index contributed by atoms with van der Waals surface area (Å²) in [4.78, 5) is 31.0. The zero-order valence-electron chi connectivity index (χ0n) is 19.8. The third kappa shape index (κ3) is 3.95. The minimum atomic E-state index is -0.487. The Morgan fingerprint density at radius 1 is 1.22 bits per heavy atom. The standard InChI is InChI=1S/C23H35N7O2/c1-15-12-25-18(16(2)20(15)32-5)14-30-17(3)22(31)29(11-10-28-8-6-7-9-28)19-13-26-23(24)27(4)21(19)30/h12-13,17,23H,6-11,14,24H2,1-5H3/t17-,23?/m1/s1. The number of amides is 1. The Labute approximate surface area is 190 Å². The number of pyridine rings is 1. The summed E-state index contributed by atoms with van der Waals surface area (Å²) in [7, 11) is 3.61. The van der Waals surface area contributed by atoms with Crippen molar-refractivity contribution in [2.75, 3.05) is 40.3 Å². The normalized spacial score (nSPS) is 23.9. The summed E-state index contributed by atoms with van der Waals surface area (Å²) in [5.41, 5.74) is 9.93. The quantitative estimate of drug-likeness (QED) is 0.711. The molecule has 1 aromatic heterocycles. The molecule has 3 aliphatic heterocycles. The number of nitrogens with zero attached hydrogens (tertiary/aromatic N) is 6. The first-order valence-corrected chi connectivity index (χ1v) is 11.4. The number of allylic oxidation sites excluding steroid dienone is 1. The highest BCUT2D eigenvalue weighted by molar-refractivity contribution is 5.93. The molecule has 1 unspecified atom stereocenters. The van der Waals surface area contributed by atoms with E-state index in [1.165, 1.54) is 12.8 Å². The number of methoxy groups -OCH3 is 1. The first-order chi connectivity index (χ1) is 15.3. The van der Waals surface area contributed by atoms with Crippen LogP contribution in [0.3, 0.4) is 0 Å². The topological polar surface area (TPSA) is 90.5 Å². The Morgan fingerprint density at radius 3 is 2.62 bits per heavy atom. The molecular formula is C23H35N7O2. The van der Waals surface area contributed by atoms with Crippen molar-refractivity contribution in [1.82, 2.24) is 24.6 Å². The predicted octanol–water partition coefficient (Wildman–Crippen LogP) is 1.26. The molecule has 9 nitrogen and oxygen atoms in total. The summed E-state index contributed by atoms with van der Waals surface area (Å²) in [5.74, 6) is 1.83. The van der Waals surface area contributed by atoms with Crippen LogP contribution in [0.4, 0.5) is 0 Å². The van der Waals surface area contributed by atoms with E-state index in [-0.39, 0.29) is 11.9 Å². The second kappa shape index (κ2) is 9.07. The lowest BCUT2D eigenvalue weighted by molar-refractivity contribution is -0.137. The van der Waals surface area contributed by atoms with Gasteiger partial charge >= 0.3 is 0 Å². The Kier molecular flexibility index (Phi) is 6.39. The van der Waals surface area contributed by atoms with E-state index < -0.39 is 6.29 Å². The number of ether oxygens (including phenoxy) is 1. The van der Waals surface area contributed by atoms with Crippen LogP contribution in [0, 0.1) is 13.8 Å². The van der Waals surface area contributed by atoms with E-state index in [9.17, 15) is 4.79 Å². The second-order valence-electron chi connectivity index (χ2n) is 8.90. The minimum absolute atomic E-state index is 0.0787. The fraction of sp³-hybridized carbons (Fsp3) is 0.609. The minimum Gasteiger partial charge on any atom is -0.496 e. The highest BCUT2D eigenvalue weighted by atomic mass is 16.5. The molecule has 1 amide bonds. The van der Waals surface area contributed by atoms with Gasteiger partial charge in [-0.15, -0.1) is 0 Å². The van der Waals surface area contributed by atoms with Gasteiger partial charge in [-0.2, -0.15) is 0 Å². The van der Waals surface area contributed by atoms with Crippen molar-refractivity contribution in [2.45, 2.75) is 52.5 Å². The Morgan fingerprint density at radius 2 is 1.94 bits per heavy atom. The van der Waals surface area contributed by atoms with Gasteiger partial charge in [0.2, 0.25) is 5.91 Å². The maximum absolute atomic E-state index is 13.5. The van der Waals surface area contributed by atoms with Crippen LogP contribution in [0.2, 0.25) is 0 Å². The molecule has 0 bridgehead atoms. The monoisotopic (exact) mass is 441 g/mol. The number of carbonyl (C=O) groups is 1. The molecule has 1 aromatic rings. The third-order valence-electron chi connectivity index (χ3n) is 6.87. The van der Waals surface area contributed by atoms with Crippen LogP contribution < -0.4 is 10.5 Å². The van der Waals surface area contributed by atoms with Crippen LogP contribution in [-0.2, 0) is 11.3 Å². The van der Waals surface area contributed by atoms with Gasteiger partial charge in [0, 0.05) is 37.5 Å². The number of hydrogen-bond donors (Lipinski definition) is 1. The highest BCUT2D eigenvalue weighted by Crippen LogP contribution is 2.33. The molecule has 2 atom stereocenters. The molecule has 0 aliphatic carbocycles. The summed E-state index contributed by atoms with van der Waals surface area (Å²) in [6.07, 6.45) is 5.57. The van der Waals surface area contributed by atoms with Crippen molar-refractivity contribution in [2.24, 2.45) is 10.7 Å². The van der Waals surface area contributed by atoms with Gasteiger partial charge in [-0.1, -0.05) is 0 Å². The molecule has 2 N–H and O–H groups in total. The SMILES string of the molecule is COc1c(C)cnc(CN2C3=C(C=NC(N)N3C)N(CCN3CCCC3)C(=O)[C@H]2C)c1C. The lowest BCUT2D eigenvalue weighted by Gasteiger charge is -2.47. The second-order valence-corrected chi connectivity index (χ2v) is 8.90. The zero-order valence-corrected chi connectivity index (χ0v) is 19.8. The fourth-order valence-corrected chi connectivity index (χ4v) is 4.89. The molecular weight excluding hydrogens is 406 g/mol. The van der Waals surface area contributed by atoms with Crippen LogP contribution in [0.1, 0.15) is 36.6 Å². The number of aliphatic imine (C=N–C) groups is 1. The number of rotatable bonds is 6. The molecule has 1 fully saturated rings. The van der Waals surface area contributed by atoms with Crippen LogP contribution in [-0.4, -0.2) is 89.4 Å². The smallest absolute Gasteiger partial charge is 0.249 e.